The maximum absolute atomic E-state index is 11.8. The molecule has 2 N–H and O–H groups in total. The highest BCUT2D eigenvalue weighted by Crippen LogP contribution is 2.19. The molecule has 4 nitrogen and oxygen atoms in total. The molecule has 0 radical (unpaired) electrons. The van der Waals surface area contributed by atoms with E-state index in [1.54, 1.807) is 0 Å². The van der Waals surface area contributed by atoms with Crippen LogP contribution in [0, 0.1) is 0 Å². The number of nitrogens with zero attached hydrogens (tertiary/aromatic N) is 1. The second kappa shape index (κ2) is 6.36. The molecule has 0 bridgehead atoms. The minimum absolute atomic E-state index is 0.124. The summed E-state index contributed by atoms with van der Waals surface area (Å²) in [7, 11) is 0. The Bertz CT molecular complexity index is 246. The third-order valence-corrected chi connectivity index (χ3v) is 3.00. The van der Waals surface area contributed by atoms with Crippen molar-refractivity contribution in [2.45, 2.75) is 58.1 Å². The van der Waals surface area contributed by atoms with Crippen LogP contribution in [0.3, 0.4) is 0 Å². The molecule has 0 amide bonds. The van der Waals surface area contributed by atoms with Crippen LogP contribution in [0.5, 0.6) is 0 Å². The van der Waals surface area contributed by atoms with Gasteiger partial charge in [-0.3, -0.25) is 9.69 Å². The normalized spacial score (nSPS) is 22.5. The van der Waals surface area contributed by atoms with E-state index in [2.05, 4.69) is 4.90 Å². The lowest BCUT2D eigenvalue weighted by atomic mass is 9.99. The standard InChI is InChI=1S/C13H26N2O2/c1-13(2,3)17-12(16)10-15-9-5-4-6-11(15)7-8-14/h11H,4-10,14H2,1-3H3. The zero-order valence-corrected chi connectivity index (χ0v) is 11.4. The van der Waals surface area contributed by atoms with Crippen molar-refractivity contribution in [3.63, 3.8) is 0 Å². The molecule has 0 aromatic rings. The highest BCUT2D eigenvalue weighted by atomic mass is 16.6. The van der Waals surface area contributed by atoms with Gasteiger partial charge in [0, 0.05) is 6.04 Å². The van der Waals surface area contributed by atoms with E-state index in [0.717, 1.165) is 19.4 Å². The number of hydrogen-bond acceptors (Lipinski definition) is 4. The topological polar surface area (TPSA) is 55.6 Å². The fraction of sp³-hybridized carbons (Fsp3) is 0.923. The van der Waals surface area contributed by atoms with E-state index >= 15 is 0 Å². The van der Waals surface area contributed by atoms with Gasteiger partial charge in [-0.1, -0.05) is 6.42 Å². The van der Waals surface area contributed by atoms with Crippen molar-refractivity contribution in [3.8, 4) is 0 Å². The minimum Gasteiger partial charge on any atom is -0.459 e. The van der Waals surface area contributed by atoms with Gasteiger partial charge in [0.2, 0.25) is 0 Å². The Hall–Kier alpha value is -0.610. The van der Waals surface area contributed by atoms with Gasteiger partial charge in [0.25, 0.3) is 0 Å². The first kappa shape index (κ1) is 14.5. The zero-order chi connectivity index (χ0) is 12.9. The number of esters is 1. The Morgan fingerprint density at radius 2 is 2.12 bits per heavy atom. The van der Waals surface area contributed by atoms with Crippen molar-refractivity contribution < 1.29 is 9.53 Å². The number of ether oxygens (including phenoxy) is 1. The highest BCUT2D eigenvalue weighted by molar-refractivity contribution is 5.72. The number of carbonyl (C=O) groups excluding carboxylic acids is 1. The van der Waals surface area contributed by atoms with Gasteiger partial charge in [0.1, 0.15) is 5.60 Å². The van der Waals surface area contributed by atoms with E-state index in [-0.39, 0.29) is 5.97 Å². The predicted octanol–water partition coefficient (Wildman–Crippen LogP) is 1.53. The van der Waals surface area contributed by atoms with Crippen LogP contribution < -0.4 is 5.73 Å². The SMILES string of the molecule is CC(C)(C)OC(=O)CN1CCCCC1CCN. The predicted molar refractivity (Wildman–Crippen MR) is 68.7 cm³/mol. The molecule has 1 aliphatic rings. The fourth-order valence-electron chi connectivity index (χ4n) is 2.33. The largest absolute Gasteiger partial charge is 0.459 e. The lowest BCUT2D eigenvalue weighted by molar-refractivity contribution is -0.157. The monoisotopic (exact) mass is 242 g/mol. The summed E-state index contributed by atoms with van der Waals surface area (Å²) in [5.41, 5.74) is 5.22. The average Bonchev–Trinajstić information content (AvgIpc) is 2.18. The molecule has 100 valence electrons. The van der Waals surface area contributed by atoms with Crippen LogP contribution in [0.1, 0.15) is 46.5 Å². The molecule has 1 rings (SSSR count). The minimum atomic E-state index is -0.393. The first-order chi connectivity index (χ1) is 7.92. The van der Waals surface area contributed by atoms with E-state index in [9.17, 15) is 4.79 Å². The molecule has 1 unspecified atom stereocenters. The summed E-state index contributed by atoms with van der Waals surface area (Å²) in [5.74, 6) is -0.124. The van der Waals surface area contributed by atoms with Crippen molar-refractivity contribution in [2.24, 2.45) is 5.73 Å². The Morgan fingerprint density at radius 3 is 2.71 bits per heavy atom. The van der Waals surface area contributed by atoms with E-state index < -0.39 is 5.60 Å². The Balaban J connectivity index is 2.44. The van der Waals surface area contributed by atoms with Crippen LogP contribution in [0.2, 0.25) is 0 Å². The molecule has 0 aromatic carbocycles. The van der Waals surface area contributed by atoms with E-state index in [0.29, 0.717) is 19.1 Å². The lowest BCUT2D eigenvalue weighted by Crippen LogP contribution is -2.44. The molecule has 0 spiro atoms. The molecule has 1 atom stereocenters. The smallest absolute Gasteiger partial charge is 0.320 e. The Labute approximate surface area is 104 Å². The molecule has 0 saturated carbocycles. The van der Waals surface area contributed by atoms with Crippen LogP contribution in [0.15, 0.2) is 0 Å². The summed E-state index contributed by atoms with van der Waals surface area (Å²) in [6.45, 7) is 7.79. The summed E-state index contributed by atoms with van der Waals surface area (Å²) in [5, 5.41) is 0. The quantitative estimate of drug-likeness (QED) is 0.760. The molecule has 4 heteroatoms. The summed E-state index contributed by atoms with van der Waals surface area (Å²) < 4.78 is 5.36. The molecule has 1 saturated heterocycles. The fourth-order valence-corrected chi connectivity index (χ4v) is 2.33. The maximum atomic E-state index is 11.8. The summed E-state index contributed by atoms with van der Waals surface area (Å²) >= 11 is 0. The number of nitrogens with two attached hydrogens (primary N) is 1. The molecule has 1 heterocycles. The first-order valence-electron chi connectivity index (χ1n) is 6.58. The second-order valence-corrected chi connectivity index (χ2v) is 5.78. The van der Waals surface area contributed by atoms with Gasteiger partial charge in [0.15, 0.2) is 0 Å². The van der Waals surface area contributed by atoms with Gasteiger partial charge in [-0.25, -0.2) is 0 Å². The second-order valence-electron chi connectivity index (χ2n) is 5.78. The highest BCUT2D eigenvalue weighted by Gasteiger charge is 2.25. The zero-order valence-electron chi connectivity index (χ0n) is 11.4. The van der Waals surface area contributed by atoms with Crippen molar-refractivity contribution in [1.29, 1.82) is 0 Å². The van der Waals surface area contributed by atoms with Gasteiger partial charge < -0.3 is 10.5 Å². The van der Waals surface area contributed by atoms with Gasteiger partial charge >= 0.3 is 5.97 Å². The van der Waals surface area contributed by atoms with Gasteiger partial charge in [-0.05, 0) is 53.1 Å². The van der Waals surface area contributed by atoms with Crippen LogP contribution in [-0.4, -0.2) is 42.1 Å². The van der Waals surface area contributed by atoms with Crippen molar-refractivity contribution in [1.82, 2.24) is 4.90 Å². The van der Waals surface area contributed by atoms with E-state index in [1.807, 2.05) is 20.8 Å². The van der Waals surface area contributed by atoms with E-state index in [1.165, 1.54) is 12.8 Å². The number of hydrogen-bond donors (Lipinski definition) is 1. The van der Waals surface area contributed by atoms with Gasteiger partial charge in [0.05, 0.1) is 6.54 Å². The number of rotatable bonds is 4. The Kier molecular flexibility index (Phi) is 5.40. The van der Waals surface area contributed by atoms with Gasteiger partial charge in [-0.2, -0.15) is 0 Å². The first-order valence-corrected chi connectivity index (χ1v) is 6.58. The average molecular weight is 242 g/mol. The summed E-state index contributed by atoms with van der Waals surface area (Å²) in [4.78, 5) is 14.0. The van der Waals surface area contributed by atoms with E-state index in [4.69, 9.17) is 10.5 Å². The van der Waals surface area contributed by atoms with Gasteiger partial charge in [-0.15, -0.1) is 0 Å². The van der Waals surface area contributed by atoms with Crippen molar-refractivity contribution >= 4 is 5.97 Å². The molecule has 0 aliphatic carbocycles. The van der Waals surface area contributed by atoms with Crippen molar-refractivity contribution in [2.75, 3.05) is 19.6 Å². The molecule has 17 heavy (non-hydrogen) atoms. The molecular formula is C13H26N2O2. The van der Waals surface area contributed by atoms with Crippen LogP contribution in [-0.2, 0) is 9.53 Å². The summed E-state index contributed by atoms with van der Waals surface area (Å²) in [6, 6.07) is 0.460. The third kappa shape index (κ3) is 5.50. The molecule has 0 aromatic heterocycles. The Morgan fingerprint density at radius 1 is 1.41 bits per heavy atom. The van der Waals surface area contributed by atoms with Crippen molar-refractivity contribution in [3.05, 3.63) is 0 Å². The molecule has 1 fully saturated rings. The number of piperidine rings is 1. The summed E-state index contributed by atoms with van der Waals surface area (Å²) in [6.07, 6.45) is 4.54. The number of carbonyl (C=O) groups is 1. The van der Waals surface area contributed by atoms with Crippen LogP contribution in [0.4, 0.5) is 0 Å². The van der Waals surface area contributed by atoms with Crippen LogP contribution in [0.25, 0.3) is 0 Å². The lowest BCUT2D eigenvalue weighted by Gasteiger charge is -2.35. The van der Waals surface area contributed by atoms with Crippen LogP contribution >= 0.6 is 0 Å². The third-order valence-electron chi connectivity index (χ3n) is 3.00. The number of likely N-dealkylation sites (tertiary alicyclic amines) is 1. The molecular weight excluding hydrogens is 216 g/mol. The maximum Gasteiger partial charge on any atom is 0.320 e. The molecule has 1 aliphatic heterocycles.